The van der Waals surface area contributed by atoms with Crippen molar-refractivity contribution in [3.05, 3.63) is 59.7 Å². The van der Waals surface area contributed by atoms with Crippen molar-refractivity contribution in [2.75, 3.05) is 31.0 Å². The summed E-state index contributed by atoms with van der Waals surface area (Å²) < 4.78 is 9.31. The molecule has 0 bridgehead atoms. The highest BCUT2D eigenvalue weighted by atomic mass is 16.5. The summed E-state index contributed by atoms with van der Waals surface area (Å²) in [6.07, 6.45) is 0. The van der Waals surface area contributed by atoms with Crippen molar-refractivity contribution in [3.63, 3.8) is 0 Å². The van der Waals surface area contributed by atoms with Gasteiger partial charge >= 0.3 is 11.9 Å². The first-order valence-electron chi connectivity index (χ1n) is 10.1. The van der Waals surface area contributed by atoms with Crippen LogP contribution in [0.15, 0.2) is 58.9 Å². The van der Waals surface area contributed by atoms with Gasteiger partial charge in [-0.05, 0) is 42.5 Å². The molecule has 2 aliphatic rings. The van der Waals surface area contributed by atoms with Crippen molar-refractivity contribution < 1.29 is 33.4 Å². The molecule has 0 unspecified atom stereocenters. The highest BCUT2D eigenvalue weighted by Gasteiger charge is 2.55. The molecule has 0 radical (unpaired) electrons. The van der Waals surface area contributed by atoms with Crippen LogP contribution in [0, 0.1) is 0 Å². The van der Waals surface area contributed by atoms with E-state index >= 15 is 0 Å². The lowest BCUT2D eigenvalue weighted by Gasteiger charge is -2.20. The quantitative estimate of drug-likeness (QED) is 0.494. The zero-order valence-corrected chi connectivity index (χ0v) is 18.1. The van der Waals surface area contributed by atoms with Crippen LogP contribution in [0.3, 0.4) is 0 Å². The van der Waals surface area contributed by atoms with Gasteiger partial charge in [-0.25, -0.2) is 14.5 Å². The number of methoxy groups -OCH3 is 2. The summed E-state index contributed by atoms with van der Waals surface area (Å²) in [5.41, 5.74) is 1.11. The van der Waals surface area contributed by atoms with Crippen molar-refractivity contribution in [1.82, 2.24) is 5.01 Å². The maximum atomic E-state index is 13.1. The van der Waals surface area contributed by atoms with Gasteiger partial charge in [0.25, 0.3) is 11.8 Å². The zero-order valence-electron chi connectivity index (χ0n) is 18.1. The number of carbonyl (C=O) groups is 5. The number of rotatable bonds is 6. The molecule has 1 N–H and O–H groups in total. The predicted octanol–water partition coefficient (Wildman–Crippen LogP) is 1.19. The Morgan fingerprint density at radius 2 is 1.62 bits per heavy atom. The minimum atomic E-state index is -1.10. The molecule has 0 spiro atoms. The van der Waals surface area contributed by atoms with Gasteiger partial charge in [0.15, 0.2) is 12.1 Å². The number of amides is 3. The SMILES string of the molecule is COC(=O)c1ccc(NC(=O)CN2N=N[C@@H]3C(=O)N(c4cccc(C(=O)OC)c4)C(=O)[C@@H]32)cc1. The highest BCUT2D eigenvalue weighted by Crippen LogP contribution is 2.32. The summed E-state index contributed by atoms with van der Waals surface area (Å²) in [7, 11) is 2.49. The number of benzene rings is 2. The van der Waals surface area contributed by atoms with Crippen LogP contribution < -0.4 is 10.2 Å². The third kappa shape index (κ3) is 4.08. The molecule has 12 nitrogen and oxygen atoms in total. The van der Waals surface area contributed by atoms with Crippen LogP contribution in [-0.4, -0.2) is 67.5 Å². The topological polar surface area (TPSA) is 147 Å². The van der Waals surface area contributed by atoms with Crippen LogP contribution in [0.2, 0.25) is 0 Å². The molecule has 3 amide bonds. The average Bonchev–Trinajstić information content (AvgIpc) is 3.37. The Labute approximate surface area is 193 Å². The molecule has 2 aromatic carbocycles. The molecule has 2 aliphatic heterocycles. The molecular formula is C22H19N5O7. The first-order valence-corrected chi connectivity index (χ1v) is 10.1. The van der Waals surface area contributed by atoms with Gasteiger partial charge in [-0.15, -0.1) is 0 Å². The lowest BCUT2D eigenvalue weighted by Crippen LogP contribution is -2.43. The Morgan fingerprint density at radius 1 is 0.941 bits per heavy atom. The number of hydrogen-bond acceptors (Lipinski definition) is 10. The fourth-order valence-corrected chi connectivity index (χ4v) is 3.65. The number of imide groups is 1. The van der Waals surface area contributed by atoms with Crippen molar-refractivity contribution in [2.45, 2.75) is 12.1 Å². The molecule has 2 heterocycles. The first-order chi connectivity index (χ1) is 16.3. The van der Waals surface area contributed by atoms with Crippen molar-refractivity contribution in [3.8, 4) is 0 Å². The molecular weight excluding hydrogens is 446 g/mol. The van der Waals surface area contributed by atoms with Gasteiger partial charge in [0.05, 0.1) is 31.0 Å². The summed E-state index contributed by atoms with van der Waals surface area (Å²) in [6, 6.07) is 9.76. The van der Waals surface area contributed by atoms with Crippen LogP contribution in [0.4, 0.5) is 11.4 Å². The van der Waals surface area contributed by atoms with E-state index in [4.69, 9.17) is 0 Å². The first kappa shape index (κ1) is 22.6. The maximum Gasteiger partial charge on any atom is 0.337 e. The molecule has 2 aromatic rings. The van der Waals surface area contributed by atoms with Crippen LogP contribution in [0.1, 0.15) is 20.7 Å². The van der Waals surface area contributed by atoms with Crippen LogP contribution >= 0.6 is 0 Å². The second kappa shape index (κ2) is 9.10. The smallest absolute Gasteiger partial charge is 0.337 e. The number of hydrogen-bond donors (Lipinski definition) is 1. The standard InChI is InChI=1S/C22H19N5O7/c1-33-21(31)12-6-8-14(9-7-12)23-16(28)11-26-18-17(24-25-26)19(29)27(20(18)30)15-5-3-4-13(10-15)22(32)34-2/h3-10,17-18H,11H2,1-2H3,(H,23,28)/t17-,18+/m0/s1. The van der Waals surface area contributed by atoms with Gasteiger partial charge in [-0.2, -0.15) is 5.11 Å². The number of nitrogens with one attached hydrogen (secondary N) is 1. The number of carbonyl (C=O) groups excluding carboxylic acids is 5. The second-order valence-electron chi connectivity index (χ2n) is 7.36. The predicted molar refractivity (Wildman–Crippen MR) is 116 cm³/mol. The molecule has 2 atom stereocenters. The van der Waals surface area contributed by atoms with E-state index in [0.29, 0.717) is 11.3 Å². The van der Waals surface area contributed by atoms with E-state index in [1.165, 1.54) is 62.8 Å². The number of esters is 2. The van der Waals surface area contributed by atoms with Crippen molar-refractivity contribution in [1.29, 1.82) is 0 Å². The average molecular weight is 465 g/mol. The van der Waals surface area contributed by atoms with E-state index in [0.717, 1.165) is 9.91 Å². The second-order valence-corrected chi connectivity index (χ2v) is 7.36. The molecule has 0 aromatic heterocycles. The van der Waals surface area contributed by atoms with E-state index in [1.807, 2.05) is 0 Å². The lowest BCUT2D eigenvalue weighted by atomic mass is 10.1. The van der Waals surface area contributed by atoms with E-state index in [1.54, 1.807) is 0 Å². The lowest BCUT2D eigenvalue weighted by molar-refractivity contribution is -0.123. The summed E-state index contributed by atoms with van der Waals surface area (Å²) >= 11 is 0. The zero-order chi connectivity index (χ0) is 24.4. The maximum absolute atomic E-state index is 13.1. The van der Waals surface area contributed by atoms with E-state index in [-0.39, 0.29) is 17.8 Å². The number of fused-ring (bicyclic) bond motifs is 1. The Hall–Kier alpha value is -4.61. The van der Waals surface area contributed by atoms with E-state index in [2.05, 4.69) is 25.1 Å². The number of anilines is 2. The number of nitrogens with zero attached hydrogens (tertiary/aromatic N) is 4. The van der Waals surface area contributed by atoms with E-state index < -0.39 is 41.7 Å². The summed E-state index contributed by atoms with van der Waals surface area (Å²) in [5.74, 6) is -2.85. The number of ether oxygens (including phenoxy) is 2. The Morgan fingerprint density at radius 3 is 2.29 bits per heavy atom. The molecule has 1 saturated heterocycles. The Kier molecular flexibility index (Phi) is 6.04. The van der Waals surface area contributed by atoms with Crippen LogP contribution in [0.5, 0.6) is 0 Å². The third-order valence-corrected chi connectivity index (χ3v) is 5.28. The van der Waals surface area contributed by atoms with Gasteiger partial charge in [-0.1, -0.05) is 11.3 Å². The highest BCUT2D eigenvalue weighted by molar-refractivity contribution is 6.25. The van der Waals surface area contributed by atoms with Gasteiger partial charge < -0.3 is 14.8 Å². The molecule has 34 heavy (non-hydrogen) atoms. The molecule has 0 aliphatic carbocycles. The summed E-state index contributed by atoms with van der Waals surface area (Å²) in [5, 5.41) is 11.5. The fourth-order valence-electron chi connectivity index (χ4n) is 3.65. The molecule has 174 valence electrons. The van der Waals surface area contributed by atoms with Crippen molar-refractivity contribution in [2.24, 2.45) is 10.3 Å². The third-order valence-electron chi connectivity index (χ3n) is 5.28. The van der Waals surface area contributed by atoms with Crippen molar-refractivity contribution >= 4 is 41.0 Å². The van der Waals surface area contributed by atoms with Gasteiger partial charge in [0.1, 0.15) is 6.54 Å². The molecule has 1 fully saturated rings. The van der Waals surface area contributed by atoms with Gasteiger partial charge in [-0.3, -0.25) is 19.4 Å². The minimum absolute atomic E-state index is 0.175. The molecule has 4 rings (SSSR count). The largest absolute Gasteiger partial charge is 0.465 e. The molecule has 0 saturated carbocycles. The van der Waals surface area contributed by atoms with Gasteiger partial charge in [0.2, 0.25) is 5.91 Å². The normalized spacial score (nSPS) is 18.6. The monoisotopic (exact) mass is 465 g/mol. The van der Waals surface area contributed by atoms with Gasteiger partial charge in [0, 0.05) is 5.69 Å². The minimum Gasteiger partial charge on any atom is -0.465 e. The Balaban J connectivity index is 1.45. The van der Waals surface area contributed by atoms with Crippen LogP contribution in [0.25, 0.3) is 0 Å². The molecule has 12 heteroatoms. The summed E-state index contributed by atoms with van der Waals surface area (Å²) in [6.45, 7) is -0.335. The van der Waals surface area contributed by atoms with E-state index in [9.17, 15) is 24.0 Å². The van der Waals surface area contributed by atoms with Crippen LogP contribution in [-0.2, 0) is 23.9 Å². The Bertz CT molecular complexity index is 1210. The summed E-state index contributed by atoms with van der Waals surface area (Å²) in [4.78, 5) is 62.7. The fraction of sp³-hybridized carbons (Fsp3) is 0.227.